The molecule has 122 valence electrons. The third-order valence-electron chi connectivity index (χ3n) is 3.91. The summed E-state index contributed by atoms with van der Waals surface area (Å²) in [5.74, 6) is -0.538. The average molecular weight is 316 g/mol. The second-order valence-corrected chi connectivity index (χ2v) is 5.67. The molecule has 0 radical (unpaired) electrons. The highest BCUT2D eigenvalue weighted by molar-refractivity contribution is 5.30. The van der Waals surface area contributed by atoms with Crippen molar-refractivity contribution in [3.8, 4) is 0 Å². The van der Waals surface area contributed by atoms with Crippen LogP contribution in [0.25, 0.3) is 0 Å². The molecule has 2 atom stereocenters. The molecule has 0 bridgehead atoms. The van der Waals surface area contributed by atoms with Gasteiger partial charge in [0.1, 0.15) is 11.6 Å². The lowest BCUT2D eigenvalue weighted by molar-refractivity contribution is 0.475. The summed E-state index contributed by atoms with van der Waals surface area (Å²) in [6.45, 7) is 7.83. The zero-order chi connectivity index (χ0) is 17.0. The van der Waals surface area contributed by atoms with Gasteiger partial charge >= 0.3 is 0 Å². The number of hydrogen-bond acceptors (Lipinski definition) is 2. The maximum absolute atomic E-state index is 14.1. The normalized spacial score (nSPS) is 13.4. The van der Waals surface area contributed by atoms with E-state index in [9.17, 15) is 8.78 Å². The monoisotopic (exact) mass is 316 g/mol. The highest BCUT2D eigenvalue weighted by Crippen LogP contribution is 2.25. The summed E-state index contributed by atoms with van der Waals surface area (Å²) < 4.78 is 27.2. The van der Waals surface area contributed by atoms with Gasteiger partial charge in [-0.15, -0.1) is 0 Å². The first kappa shape index (κ1) is 17.2. The van der Waals surface area contributed by atoms with Gasteiger partial charge in [0, 0.05) is 24.4 Å². The summed E-state index contributed by atoms with van der Waals surface area (Å²) in [5.41, 5.74) is 3.20. The zero-order valence-electron chi connectivity index (χ0n) is 13.7. The summed E-state index contributed by atoms with van der Waals surface area (Å²) in [7, 11) is 1.78. The summed E-state index contributed by atoms with van der Waals surface area (Å²) in [5, 5.41) is 6.38. The van der Waals surface area contributed by atoms with Crippen LogP contribution >= 0.6 is 0 Å². The molecule has 0 spiro atoms. The molecule has 0 aliphatic heterocycles. The highest BCUT2D eigenvalue weighted by atomic mass is 19.1. The molecule has 2 aromatic rings. The molecule has 0 unspecified atom stereocenters. The predicted molar refractivity (Wildman–Crippen MR) is 90.0 cm³/mol. The zero-order valence-corrected chi connectivity index (χ0v) is 13.7. The minimum atomic E-state index is -0.291. The van der Waals surface area contributed by atoms with Crippen LogP contribution in [0.15, 0.2) is 54.7 Å². The van der Waals surface area contributed by atoms with Crippen molar-refractivity contribution in [3.05, 3.63) is 83.1 Å². The Morgan fingerprint density at radius 2 is 1.74 bits per heavy atom. The third kappa shape index (κ3) is 4.17. The Bertz CT molecular complexity index is 680. The lowest BCUT2D eigenvalue weighted by atomic mass is 10.00. The first-order chi connectivity index (χ1) is 10.9. The summed E-state index contributed by atoms with van der Waals surface area (Å²) in [6.07, 6.45) is 0. The van der Waals surface area contributed by atoms with Crippen molar-refractivity contribution in [1.29, 1.82) is 0 Å². The van der Waals surface area contributed by atoms with Crippen LogP contribution < -0.4 is 10.6 Å². The molecule has 0 aromatic heterocycles. The van der Waals surface area contributed by atoms with Crippen LogP contribution in [0.1, 0.15) is 35.7 Å². The van der Waals surface area contributed by atoms with Gasteiger partial charge in [0.15, 0.2) is 0 Å². The minimum Gasteiger partial charge on any atom is -0.390 e. The van der Waals surface area contributed by atoms with Gasteiger partial charge in [0.25, 0.3) is 0 Å². The van der Waals surface area contributed by atoms with E-state index in [0.29, 0.717) is 5.56 Å². The first-order valence-electron chi connectivity index (χ1n) is 7.56. The first-order valence-corrected chi connectivity index (χ1v) is 7.56. The van der Waals surface area contributed by atoms with Crippen molar-refractivity contribution in [2.45, 2.75) is 25.9 Å². The van der Waals surface area contributed by atoms with E-state index in [4.69, 9.17) is 0 Å². The standard InChI is InChI=1S/C19H22F2N2/c1-12-5-10-18(21)17(11-12)13(2)23-19(14(3)22-4)15-6-8-16(20)9-7-15/h5-11,13,19,22-23H,3H2,1-2,4H3/t13-,19-/m1/s1. The van der Waals surface area contributed by atoms with E-state index >= 15 is 0 Å². The quantitative estimate of drug-likeness (QED) is 0.825. The van der Waals surface area contributed by atoms with Gasteiger partial charge in [-0.2, -0.15) is 0 Å². The van der Waals surface area contributed by atoms with Crippen LogP contribution in [0.4, 0.5) is 8.78 Å². The molecule has 2 nitrogen and oxygen atoms in total. The fraction of sp³-hybridized carbons (Fsp3) is 0.263. The molecule has 0 fully saturated rings. The maximum Gasteiger partial charge on any atom is 0.127 e. The van der Waals surface area contributed by atoms with Crippen molar-refractivity contribution in [1.82, 2.24) is 10.6 Å². The van der Waals surface area contributed by atoms with Crippen molar-refractivity contribution in [2.75, 3.05) is 7.05 Å². The van der Waals surface area contributed by atoms with E-state index in [0.717, 1.165) is 16.8 Å². The van der Waals surface area contributed by atoms with Gasteiger partial charge < -0.3 is 5.32 Å². The van der Waals surface area contributed by atoms with Crippen LogP contribution in [0, 0.1) is 18.6 Å². The number of likely N-dealkylation sites (N-methyl/N-ethyl adjacent to an activating group) is 1. The van der Waals surface area contributed by atoms with E-state index in [1.165, 1.54) is 18.2 Å². The topological polar surface area (TPSA) is 24.1 Å². The molecule has 4 heteroatoms. The molecule has 0 aliphatic rings. The second-order valence-electron chi connectivity index (χ2n) is 5.67. The SMILES string of the molecule is C=C(NC)[C@@H](N[C@H](C)c1cc(C)ccc1F)c1ccc(F)cc1. The van der Waals surface area contributed by atoms with Gasteiger partial charge in [-0.25, -0.2) is 8.78 Å². The van der Waals surface area contributed by atoms with Crippen molar-refractivity contribution in [3.63, 3.8) is 0 Å². The fourth-order valence-electron chi connectivity index (χ4n) is 2.53. The van der Waals surface area contributed by atoms with Crippen molar-refractivity contribution in [2.24, 2.45) is 0 Å². The molecule has 0 heterocycles. The van der Waals surface area contributed by atoms with E-state index in [-0.39, 0.29) is 23.7 Å². The molecule has 0 aliphatic carbocycles. The van der Waals surface area contributed by atoms with Crippen molar-refractivity contribution < 1.29 is 8.78 Å². The van der Waals surface area contributed by atoms with Gasteiger partial charge in [-0.1, -0.05) is 36.4 Å². The Labute approximate surface area is 136 Å². The molecule has 0 saturated heterocycles. The lowest BCUT2D eigenvalue weighted by Gasteiger charge is -2.26. The number of nitrogens with one attached hydrogen (secondary N) is 2. The Hall–Kier alpha value is -2.20. The van der Waals surface area contributed by atoms with Crippen LogP contribution in [0.2, 0.25) is 0 Å². The summed E-state index contributed by atoms with van der Waals surface area (Å²) >= 11 is 0. The van der Waals surface area contributed by atoms with Gasteiger partial charge in [0.2, 0.25) is 0 Å². The number of aryl methyl sites for hydroxylation is 1. The lowest BCUT2D eigenvalue weighted by Crippen LogP contribution is -2.30. The second kappa shape index (κ2) is 7.38. The Morgan fingerprint density at radius 1 is 1.09 bits per heavy atom. The average Bonchev–Trinajstić information content (AvgIpc) is 2.55. The number of halogens is 2. The van der Waals surface area contributed by atoms with Gasteiger partial charge in [-0.3, -0.25) is 5.32 Å². The van der Waals surface area contributed by atoms with Crippen LogP contribution in [0.5, 0.6) is 0 Å². The maximum atomic E-state index is 14.1. The number of hydrogen-bond donors (Lipinski definition) is 2. The van der Waals surface area contributed by atoms with E-state index in [1.54, 1.807) is 25.2 Å². The van der Waals surface area contributed by atoms with Crippen LogP contribution in [-0.4, -0.2) is 7.05 Å². The Kier molecular flexibility index (Phi) is 5.50. The van der Waals surface area contributed by atoms with Crippen LogP contribution in [0.3, 0.4) is 0 Å². The predicted octanol–water partition coefficient (Wildman–Crippen LogP) is 4.40. The minimum absolute atomic E-state index is 0.227. The molecule has 0 amide bonds. The molecule has 23 heavy (non-hydrogen) atoms. The van der Waals surface area contributed by atoms with Gasteiger partial charge in [-0.05, 0) is 37.6 Å². The smallest absolute Gasteiger partial charge is 0.127 e. The molecule has 2 N–H and O–H groups in total. The Morgan fingerprint density at radius 3 is 2.35 bits per heavy atom. The van der Waals surface area contributed by atoms with Gasteiger partial charge in [0.05, 0.1) is 6.04 Å². The number of rotatable bonds is 6. The van der Waals surface area contributed by atoms with E-state index in [1.807, 2.05) is 19.9 Å². The van der Waals surface area contributed by atoms with E-state index in [2.05, 4.69) is 17.2 Å². The molecule has 0 saturated carbocycles. The molecule has 2 aromatic carbocycles. The fourth-order valence-corrected chi connectivity index (χ4v) is 2.53. The molecule has 2 rings (SSSR count). The molecular weight excluding hydrogens is 294 g/mol. The van der Waals surface area contributed by atoms with Crippen LogP contribution in [-0.2, 0) is 0 Å². The summed E-state index contributed by atoms with van der Waals surface area (Å²) in [4.78, 5) is 0. The van der Waals surface area contributed by atoms with E-state index < -0.39 is 0 Å². The summed E-state index contributed by atoms with van der Waals surface area (Å²) in [6, 6.07) is 10.8. The third-order valence-corrected chi connectivity index (χ3v) is 3.91. The Balaban J connectivity index is 2.28. The number of benzene rings is 2. The molecular formula is C19H22F2N2. The van der Waals surface area contributed by atoms with Crippen molar-refractivity contribution >= 4 is 0 Å². The largest absolute Gasteiger partial charge is 0.390 e. The highest BCUT2D eigenvalue weighted by Gasteiger charge is 2.20.